The van der Waals surface area contributed by atoms with Crippen LogP contribution in [0.25, 0.3) is 0 Å². The molecule has 53 heavy (non-hydrogen) atoms. The van der Waals surface area contributed by atoms with Crippen LogP contribution in [-0.2, 0) is 42.7 Å². The van der Waals surface area contributed by atoms with Gasteiger partial charge in [-0.05, 0) is 62.0 Å². The molecular weight excluding hydrogens is 799 g/mol. The predicted molar refractivity (Wildman–Crippen MR) is 199 cm³/mol. The standard InChI is InChI=1S/C40H59IO12/c1-19-11-24-5-7-29-20(2)12-26(47-29)9-10-40-17-28(45)36(52-40)38-34(41)39(53-40)37-30(51-38)8-6-25(49-37)13-22(43)14-27-32(16-31(48-24)21(19)3)50-33(35(27)46-4)15-23(44)18-42/h19,23-39,42,44-45H,2-3,5-18H2,1,4H3/t19-,23?,24+,25-,26?,27?,28-,29+,30+,31-,32?,33-,34?,35-,36?,37+,38?,39?,40+/m1/s1. The van der Waals surface area contributed by atoms with E-state index in [1.165, 1.54) is 0 Å². The first-order valence-corrected chi connectivity index (χ1v) is 21.3. The molecule has 12 nitrogen and oxygen atoms in total. The third-order valence-electron chi connectivity index (χ3n) is 13.6. The zero-order valence-corrected chi connectivity index (χ0v) is 33.3. The second-order valence-electron chi connectivity index (χ2n) is 17.2. The lowest BCUT2D eigenvalue weighted by Crippen LogP contribution is -2.63. The van der Waals surface area contributed by atoms with E-state index in [0.29, 0.717) is 32.1 Å². The highest BCUT2D eigenvalue weighted by Gasteiger charge is 2.62. The molecule has 0 aromatic carbocycles. The van der Waals surface area contributed by atoms with Crippen molar-refractivity contribution in [2.24, 2.45) is 11.8 Å². The van der Waals surface area contributed by atoms with Crippen molar-refractivity contribution in [1.29, 1.82) is 0 Å². The van der Waals surface area contributed by atoms with Crippen molar-refractivity contribution < 1.29 is 58.0 Å². The lowest BCUT2D eigenvalue weighted by atomic mass is 9.81. The zero-order chi connectivity index (χ0) is 37.2. The number of hydrogen-bond acceptors (Lipinski definition) is 12. The van der Waals surface area contributed by atoms with E-state index in [0.717, 1.165) is 43.3 Å². The van der Waals surface area contributed by atoms with E-state index in [1.54, 1.807) is 7.11 Å². The Balaban J connectivity index is 1.07. The molecule has 8 fully saturated rings. The van der Waals surface area contributed by atoms with Crippen molar-refractivity contribution in [1.82, 2.24) is 0 Å². The number of aliphatic hydroxyl groups excluding tert-OH is 3. The van der Waals surface area contributed by atoms with Gasteiger partial charge in [-0.2, -0.15) is 0 Å². The smallest absolute Gasteiger partial charge is 0.172 e. The topological polar surface area (TPSA) is 152 Å². The average Bonchev–Trinajstić information content (AvgIpc) is 3.75. The Kier molecular flexibility index (Phi) is 11.9. The number of methoxy groups -OCH3 is 1. The molecule has 0 aliphatic carbocycles. The fourth-order valence-corrected chi connectivity index (χ4v) is 11.9. The molecule has 298 valence electrons. The van der Waals surface area contributed by atoms with Gasteiger partial charge >= 0.3 is 0 Å². The van der Waals surface area contributed by atoms with Gasteiger partial charge in [0, 0.05) is 51.6 Å². The lowest BCUT2D eigenvalue weighted by Gasteiger charge is -2.49. The molecule has 8 heterocycles. The molecule has 13 heteroatoms. The van der Waals surface area contributed by atoms with Crippen LogP contribution in [0.1, 0.15) is 90.4 Å². The number of alkyl halides is 1. The van der Waals surface area contributed by atoms with Gasteiger partial charge in [0.25, 0.3) is 0 Å². The monoisotopic (exact) mass is 858 g/mol. The van der Waals surface area contributed by atoms with Crippen molar-refractivity contribution in [2.45, 2.75) is 192 Å². The quantitative estimate of drug-likeness (QED) is 0.214. The Morgan fingerprint density at radius 3 is 2.42 bits per heavy atom. The molecule has 8 aliphatic heterocycles. The highest BCUT2D eigenvalue weighted by molar-refractivity contribution is 14.1. The van der Waals surface area contributed by atoms with E-state index in [9.17, 15) is 20.1 Å². The maximum atomic E-state index is 14.0. The Labute approximate surface area is 326 Å². The van der Waals surface area contributed by atoms with E-state index < -0.39 is 36.3 Å². The number of aliphatic hydroxyl groups is 3. The molecule has 0 aromatic heterocycles. The molecule has 0 radical (unpaired) electrons. The molecule has 3 N–H and O–H groups in total. The molecule has 0 saturated carbocycles. The summed E-state index contributed by atoms with van der Waals surface area (Å²) in [6.45, 7) is 10.7. The summed E-state index contributed by atoms with van der Waals surface area (Å²) >= 11 is 2.38. The number of halogens is 1. The van der Waals surface area contributed by atoms with E-state index in [2.05, 4.69) is 42.7 Å². The van der Waals surface area contributed by atoms with Crippen molar-refractivity contribution in [3.8, 4) is 0 Å². The van der Waals surface area contributed by atoms with Gasteiger partial charge in [-0.25, -0.2) is 0 Å². The Morgan fingerprint density at radius 2 is 1.62 bits per heavy atom. The summed E-state index contributed by atoms with van der Waals surface area (Å²) in [5.41, 5.74) is 2.12. The molecule has 8 unspecified atom stereocenters. The van der Waals surface area contributed by atoms with Gasteiger partial charge in [0.15, 0.2) is 5.79 Å². The van der Waals surface area contributed by atoms with Crippen molar-refractivity contribution in [3.05, 3.63) is 24.3 Å². The van der Waals surface area contributed by atoms with Gasteiger partial charge in [-0.3, -0.25) is 4.79 Å². The van der Waals surface area contributed by atoms with Crippen LogP contribution in [0.2, 0.25) is 0 Å². The average molecular weight is 859 g/mol. The summed E-state index contributed by atoms with van der Waals surface area (Å²) in [6.07, 6.45) is 2.16. The molecule has 8 saturated heterocycles. The maximum Gasteiger partial charge on any atom is 0.172 e. The van der Waals surface area contributed by atoms with Crippen molar-refractivity contribution >= 4 is 28.4 Å². The molecule has 10 bridgehead atoms. The summed E-state index contributed by atoms with van der Waals surface area (Å²) in [4.78, 5) is 14.0. The first kappa shape index (κ1) is 39.3. The lowest BCUT2D eigenvalue weighted by molar-refractivity contribution is -0.274. The number of ether oxygens (including phenoxy) is 8. The summed E-state index contributed by atoms with van der Waals surface area (Å²) < 4.78 is 53.0. The van der Waals surface area contributed by atoms with Crippen molar-refractivity contribution in [3.63, 3.8) is 0 Å². The number of carbonyl (C=O) groups excluding carboxylic acids is 1. The second-order valence-corrected chi connectivity index (χ2v) is 18.7. The number of ketones is 1. The van der Waals surface area contributed by atoms with Gasteiger partial charge in [0.2, 0.25) is 0 Å². The van der Waals surface area contributed by atoms with Crippen LogP contribution in [-0.4, -0.2) is 136 Å². The Hall–Kier alpha value is -0.560. The van der Waals surface area contributed by atoms with E-state index in [4.69, 9.17) is 37.9 Å². The van der Waals surface area contributed by atoms with Gasteiger partial charge in [-0.1, -0.05) is 42.7 Å². The SMILES string of the molecule is C=C1CC2CC[C@]34C[C@@H](O)C(O3)C3O[C@H]5CC[C@H](CC(=O)CC6C(C[C@H]7O[C@@H](CC[C@@H]1O2)C[C@@H](C)C7=C)O[C@H](CC(O)CO)[C@@H]6OC)O[C@@H]5C(O4)C3I. The highest BCUT2D eigenvalue weighted by atomic mass is 127. The number of rotatable bonds is 4. The maximum absolute atomic E-state index is 14.0. The molecule has 1 spiro atoms. The van der Waals surface area contributed by atoms with Gasteiger partial charge in [-0.15, -0.1) is 0 Å². The fraction of sp³-hybridized carbons (Fsp3) is 0.875. The molecular formula is C40H59IO12. The molecule has 0 amide bonds. The van der Waals surface area contributed by atoms with Crippen LogP contribution in [0.15, 0.2) is 24.3 Å². The fourth-order valence-electron chi connectivity index (χ4n) is 10.8. The number of fused-ring (bicyclic) bond motifs is 9. The number of Topliss-reactive ketones (excluding diaryl/α,β-unsaturated/α-hetero) is 1. The van der Waals surface area contributed by atoms with Crippen LogP contribution in [0.4, 0.5) is 0 Å². The van der Waals surface area contributed by atoms with Crippen LogP contribution in [0.5, 0.6) is 0 Å². The molecule has 8 rings (SSSR count). The summed E-state index contributed by atoms with van der Waals surface area (Å²) in [5, 5.41) is 31.3. The van der Waals surface area contributed by atoms with Crippen LogP contribution in [0.3, 0.4) is 0 Å². The van der Waals surface area contributed by atoms with Crippen molar-refractivity contribution in [2.75, 3.05) is 13.7 Å². The van der Waals surface area contributed by atoms with Gasteiger partial charge in [0.1, 0.15) is 30.2 Å². The highest BCUT2D eigenvalue weighted by Crippen LogP contribution is 2.51. The first-order chi connectivity index (χ1) is 25.4. The largest absolute Gasteiger partial charge is 0.394 e. The van der Waals surface area contributed by atoms with E-state index >= 15 is 0 Å². The Bertz CT molecular complexity index is 1360. The van der Waals surface area contributed by atoms with Gasteiger partial charge in [0.05, 0.1) is 77.7 Å². The van der Waals surface area contributed by atoms with Gasteiger partial charge < -0.3 is 53.2 Å². The summed E-state index contributed by atoms with van der Waals surface area (Å²) in [7, 11) is 1.62. The number of hydrogen-bond donors (Lipinski definition) is 3. The minimum absolute atomic E-state index is 0.00660. The Morgan fingerprint density at radius 1 is 0.868 bits per heavy atom. The third kappa shape index (κ3) is 7.86. The summed E-state index contributed by atoms with van der Waals surface area (Å²) in [5.74, 6) is -0.945. The molecule has 19 atom stereocenters. The first-order valence-electron chi connectivity index (χ1n) is 20.1. The van der Waals surface area contributed by atoms with Crippen LogP contribution < -0.4 is 0 Å². The minimum Gasteiger partial charge on any atom is -0.394 e. The molecule has 0 aromatic rings. The number of carbonyl (C=O) groups is 1. The summed E-state index contributed by atoms with van der Waals surface area (Å²) in [6, 6.07) is 0. The zero-order valence-electron chi connectivity index (χ0n) is 31.1. The third-order valence-corrected chi connectivity index (χ3v) is 15.0. The van der Waals surface area contributed by atoms with E-state index in [1.807, 2.05) is 0 Å². The van der Waals surface area contributed by atoms with E-state index in [-0.39, 0.29) is 108 Å². The predicted octanol–water partition coefficient (Wildman–Crippen LogP) is 3.87. The molecule has 8 aliphatic rings. The van der Waals surface area contributed by atoms with Crippen LogP contribution in [0, 0.1) is 11.8 Å². The normalized spacial score (nSPS) is 51.1. The van der Waals surface area contributed by atoms with Crippen LogP contribution >= 0.6 is 22.6 Å². The second kappa shape index (κ2) is 16.0. The minimum atomic E-state index is -0.979.